The molecule has 1 aromatic heterocycles. The number of carbonyl (C=O) groups is 1. The minimum absolute atomic E-state index is 0.00355. The average Bonchev–Trinajstić information content (AvgIpc) is 2.78. The number of nitrogens with one attached hydrogen (secondary N) is 1. The van der Waals surface area contributed by atoms with Crippen molar-refractivity contribution in [2.75, 3.05) is 6.54 Å². The van der Waals surface area contributed by atoms with Crippen molar-refractivity contribution in [1.82, 2.24) is 10.2 Å². The Bertz CT molecular complexity index is 462. The number of Topliss-reactive ketones (excluding diaryl/α,β-unsaturated/α-hetero) is 1. The summed E-state index contributed by atoms with van der Waals surface area (Å²) >= 11 is 0. The second kappa shape index (κ2) is 4.06. The van der Waals surface area contributed by atoms with E-state index in [1.807, 2.05) is 30.3 Å². The quantitative estimate of drug-likeness (QED) is 0.733. The first-order valence-corrected chi connectivity index (χ1v) is 4.65. The fraction of sp³-hybridized carbons (Fsp3) is 0.0909. The van der Waals surface area contributed by atoms with Crippen molar-refractivity contribution in [1.29, 1.82) is 0 Å². The Morgan fingerprint density at radius 1 is 1.33 bits per heavy atom. The van der Waals surface area contributed by atoms with E-state index >= 15 is 0 Å². The first-order chi connectivity index (χ1) is 7.31. The van der Waals surface area contributed by atoms with E-state index in [9.17, 15) is 4.79 Å². The standard InChI is InChI=1S/C11H11N3O/c12-7-11(15)10-6-9(13-14-10)8-4-2-1-3-5-8/h1-6H,7,12H2,(H,13,14). The lowest BCUT2D eigenvalue weighted by atomic mass is 10.1. The van der Waals surface area contributed by atoms with Crippen molar-refractivity contribution >= 4 is 5.78 Å². The third-order valence-corrected chi connectivity index (χ3v) is 2.13. The highest BCUT2D eigenvalue weighted by Gasteiger charge is 2.08. The summed E-state index contributed by atoms with van der Waals surface area (Å²) in [5.74, 6) is -0.135. The molecular formula is C11H11N3O. The van der Waals surface area contributed by atoms with Crippen LogP contribution in [0.25, 0.3) is 11.3 Å². The first kappa shape index (κ1) is 9.61. The molecule has 0 aliphatic rings. The van der Waals surface area contributed by atoms with E-state index in [0.717, 1.165) is 11.3 Å². The number of aromatic amines is 1. The molecule has 0 unspecified atom stereocenters. The van der Waals surface area contributed by atoms with Crippen molar-refractivity contribution < 1.29 is 4.79 Å². The number of rotatable bonds is 3. The van der Waals surface area contributed by atoms with Gasteiger partial charge in [0.25, 0.3) is 0 Å². The van der Waals surface area contributed by atoms with Gasteiger partial charge in [0.2, 0.25) is 0 Å². The molecule has 15 heavy (non-hydrogen) atoms. The Morgan fingerprint density at radius 3 is 2.73 bits per heavy atom. The number of nitrogens with zero attached hydrogens (tertiary/aromatic N) is 1. The Labute approximate surface area is 87.1 Å². The zero-order valence-corrected chi connectivity index (χ0v) is 8.10. The molecule has 0 spiro atoms. The van der Waals surface area contributed by atoms with E-state index in [2.05, 4.69) is 10.2 Å². The summed E-state index contributed by atoms with van der Waals surface area (Å²) in [5.41, 5.74) is 7.44. The van der Waals surface area contributed by atoms with Crippen molar-refractivity contribution in [2.45, 2.75) is 0 Å². The number of H-pyrrole nitrogens is 1. The molecule has 2 rings (SSSR count). The van der Waals surface area contributed by atoms with Gasteiger partial charge in [0.05, 0.1) is 12.2 Å². The van der Waals surface area contributed by atoms with Crippen molar-refractivity contribution in [3.8, 4) is 11.3 Å². The highest BCUT2D eigenvalue weighted by atomic mass is 16.1. The number of nitrogens with two attached hydrogens (primary N) is 1. The molecule has 0 saturated heterocycles. The maximum atomic E-state index is 11.3. The van der Waals surface area contributed by atoms with Crippen molar-refractivity contribution in [3.63, 3.8) is 0 Å². The first-order valence-electron chi connectivity index (χ1n) is 4.65. The molecule has 0 amide bonds. The molecule has 0 aliphatic carbocycles. The highest BCUT2D eigenvalue weighted by molar-refractivity contribution is 5.96. The predicted molar refractivity (Wildman–Crippen MR) is 57.4 cm³/mol. The van der Waals surface area contributed by atoms with Gasteiger partial charge in [0.15, 0.2) is 5.78 Å². The average molecular weight is 201 g/mol. The van der Waals surface area contributed by atoms with Gasteiger partial charge in [-0.3, -0.25) is 9.89 Å². The molecule has 0 fully saturated rings. The summed E-state index contributed by atoms with van der Waals surface area (Å²) in [6.07, 6.45) is 0. The van der Waals surface area contributed by atoms with E-state index in [1.165, 1.54) is 0 Å². The van der Waals surface area contributed by atoms with E-state index < -0.39 is 0 Å². The van der Waals surface area contributed by atoms with Gasteiger partial charge in [-0.05, 0) is 6.07 Å². The number of benzene rings is 1. The molecule has 0 saturated carbocycles. The fourth-order valence-electron chi connectivity index (χ4n) is 1.33. The Morgan fingerprint density at radius 2 is 2.07 bits per heavy atom. The Balaban J connectivity index is 2.32. The second-order valence-corrected chi connectivity index (χ2v) is 3.16. The van der Waals surface area contributed by atoms with Gasteiger partial charge in [-0.25, -0.2) is 0 Å². The van der Waals surface area contributed by atoms with Gasteiger partial charge in [-0.15, -0.1) is 0 Å². The van der Waals surface area contributed by atoms with Gasteiger partial charge < -0.3 is 5.73 Å². The summed E-state index contributed by atoms with van der Waals surface area (Å²) in [4.78, 5) is 11.3. The summed E-state index contributed by atoms with van der Waals surface area (Å²) in [7, 11) is 0. The number of ketones is 1. The lowest BCUT2D eigenvalue weighted by Gasteiger charge is -1.92. The minimum Gasteiger partial charge on any atom is -0.324 e. The van der Waals surface area contributed by atoms with Gasteiger partial charge in [0, 0.05) is 5.56 Å². The second-order valence-electron chi connectivity index (χ2n) is 3.16. The van der Waals surface area contributed by atoms with Crippen LogP contribution in [-0.2, 0) is 0 Å². The number of hydrogen-bond donors (Lipinski definition) is 2. The molecule has 4 heteroatoms. The fourth-order valence-corrected chi connectivity index (χ4v) is 1.33. The SMILES string of the molecule is NCC(=O)c1cc(-c2ccccc2)n[nH]1. The summed E-state index contributed by atoms with van der Waals surface area (Å²) < 4.78 is 0. The topological polar surface area (TPSA) is 71.8 Å². The normalized spacial score (nSPS) is 10.2. The van der Waals surface area contributed by atoms with E-state index in [1.54, 1.807) is 6.07 Å². The number of aromatic nitrogens is 2. The molecular weight excluding hydrogens is 190 g/mol. The lowest BCUT2D eigenvalue weighted by molar-refractivity contribution is 0.0996. The van der Waals surface area contributed by atoms with Crippen molar-refractivity contribution in [2.24, 2.45) is 5.73 Å². The molecule has 0 bridgehead atoms. The van der Waals surface area contributed by atoms with E-state index in [0.29, 0.717) is 5.69 Å². The highest BCUT2D eigenvalue weighted by Crippen LogP contribution is 2.16. The van der Waals surface area contributed by atoms with E-state index in [4.69, 9.17) is 5.73 Å². The number of hydrogen-bond acceptors (Lipinski definition) is 3. The van der Waals surface area contributed by atoms with Crippen LogP contribution in [0, 0.1) is 0 Å². The molecule has 0 radical (unpaired) electrons. The van der Waals surface area contributed by atoms with Gasteiger partial charge in [-0.1, -0.05) is 30.3 Å². The molecule has 2 aromatic rings. The summed E-state index contributed by atoms with van der Waals surface area (Å²) in [6.45, 7) is -0.00355. The van der Waals surface area contributed by atoms with Crippen LogP contribution in [0.5, 0.6) is 0 Å². The zero-order chi connectivity index (χ0) is 10.7. The summed E-state index contributed by atoms with van der Waals surface area (Å²) in [6, 6.07) is 11.4. The monoisotopic (exact) mass is 201 g/mol. The lowest BCUT2D eigenvalue weighted by Crippen LogP contribution is -2.13. The van der Waals surface area contributed by atoms with Gasteiger partial charge in [-0.2, -0.15) is 5.10 Å². The minimum atomic E-state index is -0.135. The largest absolute Gasteiger partial charge is 0.324 e. The molecule has 0 aliphatic heterocycles. The molecule has 1 heterocycles. The van der Waals surface area contributed by atoms with E-state index in [-0.39, 0.29) is 12.3 Å². The maximum absolute atomic E-state index is 11.3. The molecule has 0 atom stereocenters. The summed E-state index contributed by atoms with van der Waals surface area (Å²) in [5, 5.41) is 6.73. The smallest absolute Gasteiger partial charge is 0.194 e. The van der Waals surface area contributed by atoms with Crippen LogP contribution in [0.4, 0.5) is 0 Å². The predicted octanol–water partition coefficient (Wildman–Crippen LogP) is 1.22. The Kier molecular flexibility index (Phi) is 2.60. The molecule has 76 valence electrons. The molecule has 3 N–H and O–H groups in total. The van der Waals surface area contributed by atoms with Crippen LogP contribution in [-0.4, -0.2) is 22.5 Å². The van der Waals surface area contributed by atoms with Crippen LogP contribution >= 0.6 is 0 Å². The van der Waals surface area contributed by atoms with Crippen LogP contribution in [0.15, 0.2) is 36.4 Å². The van der Waals surface area contributed by atoms with Gasteiger partial charge >= 0.3 is 0 Å². The van der Waals surface area contributed by atoms with Crippen LogP contribution in [0.3, 0.4) is 0 Å². The zero-order valence-electron chi connectivity index (χ0n) is 8.10. The van der Waals surface area contributed by atoms with Crippen LogP contribution in [0.1, 0.15) is 10.5 Å². The van der Waals surface area contributed by atoms with Crippen LogP contribution < -0.4 is 5.73 Å². The molecule has 4 nitrogen and oxygen atoms in total. The molecule has 1 aromatic carbocycles. The third kappa shape index (κ3) is 1.94. The van der Waals surface area contributed by atoms with Gasteiger partial charge in [0.1, 0.15) is 5.69 Å². The third-order valence-electron chi connectivity index (χ3n) is 2.13. The van der Waals surface area contributed by atoms with Crippen LogP contribution in [0.2, 0.25) is 0 Å². The number of carbonyl (C=O) groups excluding carboxylic acids is 1. The Hall–Kier alpha value is -1.94. The maximum Gasteiger partial charge on any atom is 0.194 e. The van der Waals surface area contributed by atoms with Crippen molar-refractivity contribution in [3.05, 3.63) is 42.1 Å².